The van der Waals surface area contributed by atoms with Crippen LogP contribution in [-0.2, 0) is 30.2 Å². The average molecular weight is 753 g/mol. The van der Waals surface area contributed by atoms with Gasteiger partial charge in [0, 0.05) is 44.1 Å². The third-order valence-electron chi connectivity index (χ3n) is 10.6. The number of nitrogens with zero attached hydrogens (tertiary/aromatic N) is 2. The first-order chi connectivity index (χ1) is 24.9. The molecule has 13 nitrogen and oxygen atoms in total. The summed E-state index contributed by atoms with van der Waals surface area (Å²) in [7, 11) is 4.57. The lowest BCUT2D eigenvalue weighted by Gasteiger charge is -2.39. The maximum atomic E-state index is 14.1. The number of epoxide rings is 1. The lowest BCUT2D eigenvalue weighted by atomic mass is 9.84. The number of aryl methyl sites for hydroxylation is 1. The smallest absolute Gasteiger partial charge is 0.409 e. The molecule has 53 heavy (non-hydrogen) atoms. The minimum atomic E-state index is -1.58. The average Bonchev–Trinajstić information content (AvgIpc) is 3.80. The molecule has 2 saturated heterocycles. The number of hydrogen-bond donors (Lipinski definition) is 3. The number of esters is 1. The third-order valence-corrected chi connectivity index (χ3v) is 10.9. The van der Waals surface area contributed by atoms with Crippen LogP contribution >= 0.6 is 11.6 Å². The second kappa shape index (κ2) is 15.4. The molecular weight excluding hydrogens is 704 g/mol. The molecule has 3 heterocycles. The zero-order valence-corrected chi connectivity index (χ0v) is 32.2. The number of fused-ring (bicyclic) bond motifs is 5. The highest BCUT2D eigenvalue weighted by Crippen LogP contribution is 2.49. The number of aliphatic hydroxyl groups is 1. The number of nitrogen functional groups attached to an aromatic ring is 1. The number of methoxy groups -OCH3 is 1. The lowest BCUT2D eigenvalue weighted by molar-refractivity contribution is -0.158. The van der Waals surface area contributed by atoms with E-state index in [0.29, 0.717) is 34.7 Å². The van der Waals surface area contributed by atoms with Gasteiger partial charge in [0.1, 0.15) is 40.3 Å². The highest BCUT2D eigenvalue weighted by Gasteiger charge is 2.64. The molecule has 3 amide bonds. The normalized spacial score (nSPS) is 29.7. The number of carbonyl (C=O) groups excluding carboxylic acids is 4. The van der Waals surface area contributed by atoms with Crippen LogP contribution in [0.1, 0.15) is 68.4 Å². The predicted molar refractivity (Wildman–Crippen MR) is 200 cm³/mol. The molecule has 286 valence electrons. The van der Waals surface area contributed by atoms with Gasteiger partial charge in [0.2, 0.25) is 5.91 Å². The maximum absolute atomic E-state index is 14.1. The Labute approximate surface area is 315 Å². The highest BCUT2D eigenvalue weighted by molar-refractivity contribution is 6.35. The van der Waals surface area contributed by atoms with Crippen LogP contribution in [0.3, 0.4) is 0 Å². The van der Waals surface area contributed by atoms with E-state index in [-0.39, 0.29) is 24.3 Å². The monoisotopic (exact) mass is 752 g/mol. The number of likely N-dealkylation sites (N-methyl/N-ethyl adjacent to an activating group) is 1. The summed E-state index contributed by atoms with van der Waals surface area (Å²) >= 11 is 6.75. The van der Waals surface area contributed by atoms with Gasteiger partial charge in [-0.05, 0) is 75.6 Å². The quantitative estimate of drug-likeness (QED) is 0.212. The molecule has 4 N–H and O–H groups in total. The Morgan fingerprint density at radius 2 is 1.92 bits per heavy atom. The number of amides is 3. The van der Waals surface area contributed by atoms with Gasteiger partial charge in [-0.2, -0.15) is 0 Å². The van der Waals surface area contributed by atoms with E-state index < -0.39 is 65.5 Å². The molecule has 2 aromatic carbocycles. The van der Waals surface area contributed by atoms with Crippen LogP contribution in [0, 0.1) is 12.8 Å². The van der Waals surface area contributed by atoms with Crippen LogP contribution in [0.4, 0.5) is 16.2 Å². The van der Waals surface area contributed by atoms with E-state index in [1.54, 1.807) is 64.2 Å². The molecular formula is C39H49ClN4O9. The van der Waals surface area contributed by atoms with E-state index in [2.05, 4.69) is 5.32 Å². The van der Waals surface area contributed by atoms with Crippen LogP contribution in [0.2, 0.25) is 5.02 Å². The summed E-state index contributed by atoms with van der Waals surface area (Å²) in [4.78, 5) is 56.8. The number of benzene rings is 2. The van der Waals surface area contributed by atoms with Crippen molar-refractivity contribution in [1.29, 1.82) is 0 Å². The summed E-state index contributed by atoms with van der Waals surface area (Å²) < 4.78 is 23.6. The Morgan fingerprint density at radius 3 is 2.60 bits per heavy atom. The molecule has 0 aromatic heterocycles. The number of halogens is 1. The molecule has 0 aliphatic carbocycles. The summed E-state index contributed by atoms with van der Waals surface area (Å²) in [6.45, 7) is 8.78. The summed E-state index contributed by atoms with van der Waals surface area (Å²) in [6, 6.07) is 7.44. The van der Waals surface area contributed by atoms with Crippen LogP contribution in [0.25, 0.3) is 0 Å². The predicted octanol–water partition coefficient (Wildman–Crippen LogP) is 5.09. The molecule has 0 spiro atoms. The van der Waals surface area contributed by atoms with E-state index in [9.17, 15) is 24.3 Å². The number of carbonyl (C=O) groups is 4. The van der Waals surface area contributed by atoms with Crippen molar-refractivity contribution in [2.24, 2.45) is 5.92 Å². The number of hydrogen-bond acceptors (Lipinski definition) is 10. The van der Waals surface area contributed by atoms with Crippen molar-refractivity contribution in [1.82, 2.24) is 10.2 Å². The van der Waals surface area contributed by atoms with Gasteiger partial charge in [0.05, 0.1) is 25.3 Å². The largest absolute Gasteiger partial charge is 0.495 e. The number of alkyl carbamates (subject to hydrolysis) is 1. The first-order valence-corrected chi connectivity index (χ1v) is 17.9. The standard InChI is InChI=1S/C39H49ClN4O9/c1-21-11-9-10-14-39(49)20-30(51-37(48)42-39)23(3)34-38(5,53-34)31(19-32(45)44(7)28-17-25(15-21)18-29(50-8)33(28)40)52-36(47)24(4)43(6)35(46)27-13-12-26(41)16-22(27)2/h9-13,16-18,23-24,30-31,34,49H,14-15,19-20,41H2,1-8H3,(H,42,48)/b10-9+,21-11+/t23-,24+,30+,31+,34+,38+,39-/m1/s1. The molecule has 0 radical (unpaired) electrons. The molecule has 14 heteroatoms. The van der Waals surface area contributed by atoms with Gasteiger partial charge in [-0.25, -0.2) is 9.59 Å². The molecule has 3 aliphatic heterocycles. The Bertz CT molecular complexity index is 1850. The maximum Gasteiger partial charge on any atom is 0.409 e. The van der Waals surface area contributed by atoms with Crippen LogP contribution in [0.5, 0.6) is 5.75 Å². The van der Waals surface area contributed by atoms with Crippen LogP contribution in [0.15, 0.2) is 54.1 Å². The van der Waals surface area contributed by atoms with Gasteiger partial charge in [-0.15, -0.1) is 0 Å². The van der Waals surface area contributed by atoms with Crippen molar-refractivity contribution in [3.8, 4) is 5.75 Å². The van der Waals surface area contributed by atoms with Crippen LogP contribution < -0.4 is 20.7 Å². The second-order valence-corrected chi connectivity index (χ2v) is 15.0. The molecule has 0 unspecified atom stereocenters. The Kier molecular flexibility index (Phi) is 11.5. The summed E-state index contributed by atoms with van der Waals surface area (Å²) in [5.74, 6) is -1.70. The summed E-state index contributed by atoms with van der Waals surface area (Å²) in [5, 5.41) is 14.2. The lowest BCUT2D eigenvalue weighted by Crippen LogP contribution is -2.57. The Morgan fingerprint density at radius 1 is 1.21 bits per heavy atom. The fourth-order valence-corrected chi connectivity index (χ4v) is 7.34. The number of allylic oxidation sites excluding steroid dienone is 3. The molecule has 5 rings (SSSR count). The van der Waals surface area contributed by atoms with Gasteiger partial charge in [0.15, 0.2) is 0 Å². The molecule has 3 aliphatic rings. The molecule has 7 atom stereocenters. The van der Waals surface area contributed by atoms with Crippen molar-refractivity contribution >= 4 is 46.9 Å². The first-order valence-electron chi connectivity index (χ1n) is 17.6. The Hall–Kier alpha value is -4.59. The summed E-state index contributed by atoms with van der Waals surface area (Å²) in [5.41, 5.74) is 6.82. The molecule has 2 fully saturated rings. The van der Waals surface area contributed by atoms with Gasteiger partial charge < -0.3 is 39.6 Å². The minimum Gasteiger partial charge on any atom is -0.495 e. The number of nitrogens with two attached hydrogens (primary N) is 1. The fourth-order valence-electron chi connectivity index (χ4n) is 7.02. The number of nitrogens with one attached hydrogen (secondary N) is 1. The first kappa shape index (κ1) is 39.6. The zero-order chi connectivity index (χ0) is 39.0. The number of rotatable bonds is 5. The van der Waals surface area contributed by atoms with Crippen molar-refractivity contribution in [3.05, 3.63) is 75.8 Å². The fraction of sp³-hybridized carbons (Fsp3) is 0.487. The highest BCUT2D eigenvalue weighted by atomic mass is 35.5. The Balaban J connectivity index is 1.50. The van der Waals surface area contributed by atoms with Gasteiger partial charge >= 0.3 is 12.1 Å². The molecule has 4 bridgehead atoms. The minimum absolute atomic E-state index is 0.0631. The van der Waals surface area contributed by atoms with Crippen molar-refractivity contribution in [2.75, 3.05) is 31.8 Å². The molecule has 2 aromatic rings. The van der Waals surface area contributed by atoms with E-state index in [1.165, 1.54) is 24.0 Å². The SMILES string of the molecule is COc1cc2cc(c1Cl)N(C)C(=O)C[C@H](OC(=O)[C@H](C)N(C)C(=O)c1ccc(N)cc1C)[C@]1(C)O[C@H]1[C@H](C)[C@@H]1C[C@](O)(C/C=C/C=C(\C)C2)NC(=O)O1. The molecule has 0 saturated carbocycles. The van der Waals surface area contributed by atoms with Crippen molar-refractivity contribution in [2.45, 2.75) is 96.0 Å². The zero-order valence-electron chi connectivity index (χ0n) is 31.4. The van der Waals surface area contributed by atoms with Gasteiger partial charge in [-0.3, -0.25) is 14.9 Å². The number of anilines is 2. The third kappa shape index (κ3) is 8.47. The van der Waals surface area contributed by atoms with E-state index >= 15 is 0 Å². The van der Waals surface area contributed by atoms with E-state index in [0.717, 1.165) is 11.1 Å². The topological polar surface area (TPSA) is 173 Å². The second-order valence-electron chi connectivity index (χ2n) is 14.6. The van der Waals surface area contributed by atoms with Crippen molar-refractivity contribution in [3.63, 3.8) is 0 Å². The van der Waals surface area contributed by atoms with Gasteiger partial charge in [-0.1, -0.05) is 42.3 Å². The van der Waals surface area contributed by atoms with Crippen molar-refractivity contribution < 1.29 is 43.2 Å². The number of ether oxygens (including phenoxy) is 4. The van der Waals surface area contributed by atoms with E-state index in [1.807, 2.05) is 26.0 Å². The van der Waals surface area contributed by atoms with Crippen LogP contribution in [-0.4, -0.2) is 90.8 Å². The van der Waals surface area contributed by atoms with E-state index in [4.69, 9.17) is 36.3 Å². The summed E-state index contributed by atoms with van der Waals surface area (Å²) in [6.07, 6.45) is 2.54. The van der Waals surface area contributed by atoms with Gasteiger partial charge in [0.25, 0.3) is 5.91 Å².